The summed E-state index contributed by atoms with van der Waals surface area (Å²) in [7, 11) is 1.67. The Morgan fingerprint density at radius 3 is 2.43 bits per heavy atom. The summed E-state index contributed by atoms with van der Waals surface area (Å²) in [6.45, 7) is 9.13. The first kappa shape index (κ1) is 19.7. The minimum atomic E-state index is 0.302. The van der Waals surface area contributed by atoms with Crippen molar-refractivity contribution in [2.75, 3.05) is 17.3 Å². The normalized spacial score (nSPS) is 10.8. The smallest absolute Gasteiger partial charge is 0.142 e. The van der Waals surface area contributed by atoms with Gasteiger partial charge in [0.05, 0.1) is 12.8 Å². The average Bonchev–Trinajstić information content (AvgIpc) is 2.66. The van der Waals surface area contributed by atoms with Gasteiger partial charge in [0.15, 0.2) is 0 Å². The second-order valence-electron chi connectivity index (χ2n) is 7.19. The van der Waals surface area contributed by atoms with Crippen LogP contribution in [0.15, 0.2) is 54.6 Å². The van der Waals surface area contributed by atoms with Gasteiger partial charge in [0, 0.05) is 18.7 Å². The maximum absolute atomic E-state index is 5.48. The van der Waals surface area contributed by atoms with Gasteiger partial charge in [-0.1, -0.05) is 36.4 Å². The fraction of sp³-hybridized carbons (Fsp3) is 0.304. The molecule has 0 saturated carbocycles. The summed E-state index contributed by atoms with van der Waals surface area (Å²) >= 11 is 0. The Hall–Kier alpha value is -3.08. The van der Waals surface area contributed by atoms with Gasteiger partial charge >= 0.3 is 0 Å². The third-order valence-electron chi connectivity index (χ3n) is 4.56. The molecule has 0 unspecified atom stereocenters. The zero-order valence-corrected chi connectivity index (χ0v) is 17.2. The van der Waals surface area contributed by atoms with E-state index in [-0.39, 0.29) is 0 Å². The van der Waals surface area contributed by atoms with Crippen molar-refractivity contribution < 1.29 is 4.74 Å². The molecule has 0 atom stereocenters. The second-order valence-corrected chi connectivity index (χ2v) is 7.19. The topological polar surface area (TPSA) is 50.3 Å². The molecule has 1 heterocycles. The Kier molecular flexibility index (Phi) is 6.14. The molecule has 0 aliphatic rings. The van der Waals surface area contributed by atoms with E-state index < -0.39 is 0 Å². The van der Waals surface area contributed by atoms with E-state index in [9.17, 15) is 0 Å². The summed E-state index contributed by atoms with van der Waals surface area (Å²) in [5.74, 6) is 3.17. The van der Waals surface area contributed by atoms with E-state index in [4.69, 9.17) is 9.72 Å². The van der Waals surface area contributed by atoms with Gasteiger partial charge in [-0.05, 0) is 51.0 Å². The molecule has 5 nitrogen and oxygen atoms in total. The van der Waals surface area contributed by atoms with Crippen LogP contribution in [0.5, 0.6) is 5.75 Å². The van der Waals surface area contributed by atoms with Crippen LogP contribution in [0, 0.1) is 13.8 Å². The Morgan fingerprint density at radius 2 is 1.75 bits per heavy atom. The first-order chi connectivity index (χ1) is 13.5. The lowest BCUT2D eigenvalue weighted by Gasteiger charge is -2.28. The van der Waals surface area contributed by atoms with Crippen molar-refractivity contribution in [3.05, 3.63) is 71.5 Å². The molecule has 0 amide bonds. The molecule has 0 saturated heterocycles. The fourth-order valence-electron chi connectivity index (χ4n) is 3.13. The largest absolute Gasteiger partial charge is 0.495 e. The molecule has 2 aromatic carbocycles. The number of nitrogens with zero attached hydrogens (tertiary/aromatic N) is 3. The van der Waals surface area contributed by atoms with E-state index in [0.29, 0.717) is 6.04 Å². The third-order valence-corrected chi connectivity index (χ3v) is 4.56. The first-order valence-electron chi connectivity index (χ1n) is 9.54. The minimum Gasteiger partial charge on any atom is -0.495 e. The van der Waals surface area contributed by atoms with Crippen LogP contribution in [-0.2, 0) is 6.54 Å². The summed E-state index contributed by atoms with van der Waals surface area (Å²) in [6, 6.07) is 18.8. The summed E-state index contributed by atoms with van der Waals surface area (Å²) in [5.41, 5.74) is 3.30. The summed E-state index contributed by atoms with van der Waals surface area (Å²) in [4.78, 5) is 11.6. The average molecular weight is 377 g/mol. The van der Waals surface area contributed by atoms with E-state index in [1.165, 1.54) is 5.56 Å². The predicted molar refractivity (Wildman–Crippen MR) is 116 cm³/mol. The number of aryl methyl sites for hydroxylation is 2. The molecular weight excluding hydrogens is 348 g/mol. The van der Waals surface area contributed by atoms with Crippen molar-refractivity contribution in [2.24, 2.45) is 0 Å². The SMILES string of the molecule is COc1ccc(C)cc1Nc1cc(N(Cc2ccccc2)C(C)C)nc(C)n1. The first-order valence-corrected chi connectivity index (χ1v) is 9.54. The fourth-order valence-corrected chi connectivity index (χ4v) is 3.13. The monoisotopic (exact) mass is 376 g/mol. The number of hydrogen-bond acceptors (Lipinski definition) is 5. The number of aromatic nitrogens is 2. The van der Waals surface area contributed by atoms with Crippen molar-refractivity contribution in [2.45, 2.75) is 40.3 Å². The zero-order valence-electron chi connectivity index (χ0n) is 17.2. The molecule has 0 fully saturated rings. The molecule has 3 aromatic rings. The molecule has 28 heavy (non-hydrogen) atoms. The van der Waals surface area contributed by atoms with Gasteiger partial charge in [-0.2, -0.15) is 0 Å². The van der Waals surface area contributed by atoms with Gasteiger partial charge in [-0.15, -0.1) is 0 Å². The van der Waals surface area contributed by atoms with Crippen molar-refractivity contribution >= 4 is 17.3 Å². The third kappa shape index (κ3) is 4.80. The highest BCUT2D eigenvalue weighted by Crippen LogP contribution is 2.29. The van der Waals surface area contributed by atoms with E-state index in [1.807, 2.05) is 31.2 Å². The number of anilines is 3. The maximum Gasteiger partial charge on any atom is 0.142 e. The van der Waals surface area contributed by atoms with Crippen LogP contribution < -0.4 is 15.0 Å². The van der Waals surface area contributed by atoms with Gasteiger partial charge in [0.1, 0.15) is 23.2 Å². The highest BCUT2D eigenvalue weighted by atomic mass is 16.5. The molecule has 1 aromatic heterocycles. The number of hydrogen-bond donors (Lipinski definition) is 1. The van der Waals surface area contributed by atoms with Crippen molar-refractivity contribution in [3.63, 3.8) is 0 Å². The van der Waals surface area contributed by atoms with Crippen LogP contribution in [0.3, 0.4) is 0 Å². The Balaban J connectivity index is 1.92. The quantitative estimate of drug-likeness (QED) is 0.609. The minimum absolute atomic E-state index is 0.302. The van der Waals surface area contributed by atoms with E-state index in [2.05, 4.69) is 66.3 Å². The van der Waals surface area contributed by atoms with E-state index >= 15 is 0 Å². The molecule has 0 spiro atoms. The Labute approximate surface area is 167 Å². The van der Waals surface area contributed by atoms with Crippen LogP contribution >= 0.6 is 0 Å². The molecule has 1 N–H and O–H groups in total. The molecule has 146 valence electrons. The van der Waals surface area contributed by atoms with Gasteiger partial charge in [-0.3, -0.25) is 0 Å². The van der Waals surface area contributed by atoms with Gasteiger partial charge in [0.2, 0.25) is 0 Å². The Morgan fingerprint density at radius 1 is 1.00 bits per heavy atom. The number of methoxy groups -OCH3 is 1. The zero-order chi connectivity index (χ0) is 20.1. The number of nitrogens with one attached hydrogen (secondary N) is 1. The van der Waals surface area contributed by atoms with Crippen LogP contribution in [-0.4, -0.2) is 23.1 Å². The standard InChI is InChI=1S/C23H28N4O/c1-16(2)27(15-19-9-7-6-8-10-19)23-14-22(24-18(4)25-23)26-20-13-17(3)11-12-21(20)28-5/h6-14,16H,15H2,1-5H3,(H,24,25,26). The molecular formula is C23H28N4O. The highest BCUT2D eigenvalue weighted by molar-refractivity contribution is 5.66. The van der Waals surface area contributed by atoms with Gasteiger partial charge < -0.3 is 15.0 Å². The summed E-state index contributed by atoms with van der Waals surface area (Å²) in [6.07, 6.45) is 0. The maximum atomic E-state index is 5.48. The molecule has 5 heteroatoms. The summed E-state index contributed by atoms with van der Waals surface area (Å²) < 4.78 is 5.48. The van der Waals surface area contributed by atoms with E-state index in [0.717, 1.165) is 41.0 Å². The molecule has 0 radical (unpaired) electrons. The Bertz CT molecular complexity index is 925. The number of ether oxygens (including phenoxy) is 1. The van der Waals surface area contributed by atoms with Crippen molar-refractivity contribution in [1.82, 2.24) is 9.97 Å². The predicted octanol–water partition coefficient (Wildman–Crippen LogP) is 5.26. The van der Waals surface area contributed by atoms with Gasteiger partial charge in [-0.25, -0.2) is 9.97 Å². The number of rotatable bonds is 7. The lowest BCUT2D eigenvalue weighted by atomic mass is 10.2. The second kappa shape index (κ2) is 8.74. The highest BCUT2D eigenvalue weighted by Gasteiger charge is 2.15. The van der Waals surface area contributed by atoms with Crippen molar-refractivity contribution in [3.8, 4) is 5.75 Å². The van der Waals surface area contributed by atoms with Crippen molar-refractivity contribution in [1.29, 1.82) is 0 Å². The van der Waals surface area contributed by atoms with Crippen LogP contribution in [0.2, 0.25) is 0 Å². The molecule has 0 bridgehead atoms. The van der Waals surface area contributed by atoms with Crippen LogP contribution in [0.1, 0.15) is 30.8 Å². The van der Waals surface area contributed by atoms with Gasteiger partial charge in [0.25, 0.3) is 0 Å². The molecule has 3 rings (SSSR count). The lowest BCUT2D eigenvalue weighted by molar-refractivity contribution is 0.416. The number of benzene rings is 2. The molecule has 0 aliphatic carbocycles. The summed E-state index contributed by atoms with van der Waals surface area (Å²) in [5, 5.41) is 3.40. The molecule has 0 aliphatic heterocycles. The van der Waals surface area contributed by atoms with Crippen LogP contribution in [0.4, 0.5) is 17.3 Å². The lowest BCUT2D eigenvalue weighted by Crippen LogP contribution is -2.31. The van der Waals surface area contributed by atoms with Crippen LogP contribution in [0.25, 0.3) is 0 Å². The van der Waals surface area contributed by atoms with E-state index in [1.54, 1.807) is 7.11 Å².